The van der Waals surface area contributed by atoms with Crippen molar-refractivity contribution in [3.8, 4) is 0 Å². The smallest absolute Gasteiger partial charge is 0.416 e. The summed E-state index contributed by atoms with van der Waals surface area (Å²) in [5.41, 5.74) is 0.00851. The third-order valence-electron chi connectivity index (χ3n) is 6.09. The molecule has 1 aliphatic heterocycles. The van der Waals surface area contributed by atoms with Crippen molar-refractivity contribution in [1.29, 1.82) is 0 Å². The number of benzene rings is 2. The largest absolute Gasteiger partial charge is 0.469 e. The molecule has 0 aromatic heterocycles. The van der Waals surface area contributed by atoms with Crippen LogP contribution in [0.2, 0.25) is 10.0 Å². The molecule has 35 heavy (non-hydrogen) atoms. The predicted molar refractivity (Wildman–Crippen MR) is 128 cm³/mol. The molecule has 0 saturated carbocycles. The molecule has 2 aromatic carbocycles. The fourth-order valence-electron chi connectivity index (χ4n) is 4.72. The van der Waals surface area contributed by atoms with Crippen LogP contribution in [0, 0.1) is 0 Å². The normalized spacial score (nSPS) is 18.6. The van der Waals surface area contributed by atoms with Crippen LogP contribution in [-0.4, -0.2) is 31.8 Å². The average Bonchev–Trinajstić information content (AvgIpc) is 2.77. The van der Waals surface area contributed by atoms with Gasteiger partial charge in [-0.05, 0) is 67.3 Å². The minimum atomic E-state index is -4.62. The van der Waals surface area contributed by atoms with Crippen LogP contribution in [0.25, 0.3) is 0 Å². The number of halogens is 5. The molecular formula is C25H26Cl2F3NO4. The molecule has 0 saturated heterocycles. The van der Waals surface area contributed by atoms with E-state index in [1.807, 2.05) is 6.92 Å². The van der Waals surface area contributed by atoms with Crippen LogP contribution in [0.5, 0.6) is 0 Å². The van der Waals surface area contributed by atoms with Crippen LogP contribution in [-0.2, 0) is 20.4 Å². The highest BCUT2D eigenvalue weighted by molar-refractivity contribution is 6.34. The van der Waals surface area contributed by atoms with E-state index in [2.05, 4.69) is 0 Å². The molecule has 3 rings (SSSR count). The number of fused-ring (bicyclic) bond motifs is 1. The van der Waals surface area contributed by atoms with Crippen LogP contribution in [0.1, 0.15) is 61.6 Å². The van der Waals surface area contributed by atoms with Crippen LogP contribution in [0.3, 0.4) is 0 Å². The van der Waals surface area contributed by atoms with Crippen LogP contribution in [0.15, 0.2) is 36.4 Å². The van der Waals surface area contributed by atoms with Gasteiger partial charge in [0.15, 0.2) is 0 Å². The van der Waals surface area contributed by atoms with Gasteiger partial charge in [-0.3, -0.25) is 9.69 Å². The Balaban J connectivity index is 2.28. The van der Waals surface area contributed by atoms with Crippen molar-refractivity contribution in [3.05, 3.63) is 63.1 Å². The maximum Gasteiger partial charge on any atom is 0.416 e. The van der Waals surface area contributed by atoms with Gasteiger partial charge in [0.25, 0.3) is 0 Å². The highest BCUT2D eigenvalue weighted by Gasteiger charge is 2.44. The van der Waals surface area contributed by atoms with Gasteiger partial charge < -0.3 is 9.47 Å². The van der Waals surface area contributed by atoms with Crippen LogP contribution < -0.4 is 4.90 Å². The molecule has 1 amide bonds. The molecule has 0 fully saturated rings. The van der Waals surface area contributed by atoms with Crippen LogP contribution in [0.4, 0.5) is 23.7 Å². The number of hydrogen-bond acceptors (Lipinski definition) is 4. The van der Waals surface area contributed by atoms with Gasteiger partial charge in [0, 0.05) is 22.0 Å². The number of methoxy groups -OCH3 is 1. The molecule has 3 atom stereocenters. The van der Waals surface area contributed by atoms with Crippen molar-refractivity contribution in [2.75, 3.05) is 18.6 Å². The molecular weight excluding hydrogens is 506 g/mol. The van der Waals surface area contributed by atoms with E-state index in [0.29, 0.717) is 18.4 Å². The summed E-state index contributed by atoms with van der Waals surface area (Å²) in [6, 6.07) is 7.39. The Hall–Kier alpha value is -2.45. The summed E-state index contributed by atoms with van der Waals surface area (Å²) in [6.45, 7) is 3.71. The third kappa shape index (κ3) is 5.86. The number of amides is 1. The van der Waals surface area contributed by atoms with Crippen molar-refractivity contribution in [3.63, 3.8) is 0 Å². The summed E-state index contributed by atoms with van der Waals surface area (Å²) >= 11 is 12.4. The molecule has 1 aliphatic rings. The Kier molecular flexibility index (Phi) is 8.59. The van der Waals surface area contributed by atoms with Crippen molar-refractivity contribution in [2.45, 2.75) is 57.2 Å². The van der Waals surface area contributed by atoms with E-state index < -0.39 is 41.7 Å². The zero-order valence-electron chi connectivity index (χ0n) is 19.5. The molecule has 0 aliphatic carbocycles. The topological polar surface area (TPSA) is 55.8 Å². The highest BCUT2D eigenvalue weighted by Crippen LogP contribution is 2.49. The zero-order chi connectivity index (χ0) is 25.9. The number of carbonyl (C=O) groups excluding carboxylic acids is 2. The molecule has 0 radical (unpaired) electrons. The molecule has 10 heteroatoms. The number of hydrogen-bond donors (Lipinski definition) is 0. The number of rotatable bonds is 6. The SMILES string of the molecule is CCC[C@@H]1C[C@H]([C@H](C(=O)OC)c2cc(Cl)cc(Cl)c2)c2cc(C(F)(F)F)ccc2N1C(=O)OCC. The van der Waals surface area contributed by atoms with Crippen molar-refractivity contribution >= 4 is 41.0 Å². The predicted octanol–water partition coefficient (Wildman–Crippen LogP) is 7.59. The van der Waals surface area contributed by atoms with Gasteiger partial charge in [-0.2, -0.15) is 13.2 Å². The standard InChI is InChI=1S/C25H26Cl2F3NO4/c1-4-6-18-13-20(22(23(32)34-3)14-9-16(26)12-17(27)10-14)19-11-15(25(28,29)30)7-8-21(19)31(18)24(33)35-5-2/h7-12,18,20,22H,4-6,13H2,1-3H3/t18-,20+,22-/m1/s1. The maximum atomic E-state index is 13.7. The monoisotopic (exact) mass is 531 g/mol. The second-order valence-electron chi connectivity index (χ2n) is 8.33. The fraction of sp³-hybridized carbons (Fsp3) is 0.440. The van der Waals surface area contributed by atoms with Crippen molar-refractivity contribution in [2.24, 2.45) is 0 Å². The molecule has 0 spiro atoms. The summed E-state index contributed by atoms with van der Waals surface area (Å²) in [4.78, 5) is 27.4. The van der Waals surface area contributed by atoms with Gasteiger partial charge in [0.1, 0.15) is 0 Å². The van der Waals surface area contributed by atoms with E-state index in [1.165, 1.54) is 24.1 Å². The first-order chi connectivity index (χ1) is 16.5. The van der Waals surface area contributed by atoms with Gasteiger partial charge in [-0.1, -0.05) is 36.5 Å². The van der Waals surface area contributed by atoms with Gasteiger partial charge in [0.2, 0.25) is 0 Å². The Morgan fingerprint density at radius 3 is 2.31 bits per heavy atom. The summed E-state index contributed by atoms with van der Waals surface area (Å²) in [5, 5.41) is 0.555. The minimum absolute atomic E-state index is 0.110. The molecule has 1 heterocycles. The summed E-state index contributed by atoms with van der Waals surface area (Å²) < 4.78 is 51.3. The summed E-state index contributed by atoms with van der Waals surface area (Å²) in [7, 11) is 1.21. The lowest BCUT2D eigenvalue weighted by atomic mass is 9.73. The van der Waals surface area contributed by atoms with Crippen LogP contribution >= 0.6 is 23.2 Å². The molecule has 0 N–H and O–H groups in total. The Labute approximate surface area is 212 Å². The minimum Gasteiger partial charge on any atom is -0.469 e. The Morgan fingerprint density at radius 1 is 1.11 bits per heavy atom. The number of ether oxygens (including phenoxy) is 2. The lowest BCUT2D eigenvalue weighted by Gasteiger charge is -2.42. The Bertz CT molecular complexity index is 1070. The van der Waals surface area contributed by atoms with E-state index in [9.17, 15) is 22.8 Å². The number of esters is 1. The quantitative estimate of drug-likeness (QED) is 0.360. The first-order valence-corrected chi connectivity index (χ1v) is 12.0. The van der Waals surface area contributed by atoms with E-state index in [4.69, 9.17) is 32.7 Å². The van der Waals surface area contributed by atoms with Crippen molar-refractivity contribution in [1.82, 2.24) is 0 Å². The lowest BCUT2D eigenvalue weighted by molar-refractivity contribution is -0.143. The maximum absolute atomic E-state index is 13.7. The second-order valence-corrected chi connectivity index (χ2v) is 9.20. The Morgan fingerprint density at radius 2 is 1.77 bits per heavy atom. The second kappa shape index (κ2) is 11.1. The first kappa shape index (κ1) is 27.1. The molecule has 190 valence electrons. The molecule has 5 nitrogen and oxygen atoms in total. The number of alkyl halides is 3. The first-order valence-electron chi connectivity index (χ1n) is 11.2. The number of carbonyl (C=O) groups is 2. The highest BCUT2D eigenvalue weighted by atomic mass is 35.5. The summed E-state index contributed by atoms with van der Waals surface area (Å²) in [5.74, 6) is -2.38. The van der Waals surface area contributed by atoms with Gasteiger partial charge in [0.05, 0.1) is 30.9 Å². The van der Waals surface area contributed by atoms with Gasteiger partial charge >= 0.3 is 18.2 Å². The van der Waals surface area contributed by atoms with Gasteiger partial charge in [-0.15, -0.1) is 0 Å². The van der Waals surface area contributed by atoms with Gasteiger partial charge in [-0.25, -0.2) is 4.79 Å². The van der Waals surface area contributed by atoms with E-state index >= 15 is 0 Å². The van der Waals surface area contributed by atoms with Crippen molar-refractivity contribution < 1.29 is 32.2 Å². The fourth-order valence-corrected chi connectivity index (χ4v) is 5.26. The van der Waals surface area contributed by atoms with E-state index in [0.717, 1.165) is 12.1 Å². The third-order valence-corrected chi connectivity index (χ3v) is 6.53. The molecule has 0 bridgehead atoms. The summed E-state index contributed by atoms with van der Waals surface area (Å²) in [6.07, 6.45) is -3.79. The zero-order valence-corrected chi connectivity index (χ0v) is 21.0. The number of anilines is 1. The van der Waals surface area contributed by atoms with E-state index in [-0.39, 0.29) is 34.3 Å². The number of nitrogens with zero attached hydrogens (tertiary/aromatic N) is 1. The average molecular weight is 532 g/mol. The van der Waals surface area contributed by atoms with E-state index in [1.54, 1.807) is 19.1 Å². The molecule has 2 aromatic rings. The lowest BCUT2D eigenvalue weighted by Crippen LogP contribution is -2.46. The molecule has 0 unspecified atom stereocenters.